The molecule has 1 amide bonds. The lowest BCUT2D eigenvalue weighted by Crippen LogP contribution is -2.12. The average Bonchev–Trinajstić information content (AvgIpc) is 3.45. The average molecular weight is 411 g/mol. The van der Waals surface area contributed by atoms with Crippen LogP contribution in [0.3, 0.4) is 0 Å². The van der Waals surface area contributed by atoms with Crippen molar-refractivity contribution in [1.82, 2.24) is 19.7 Å². The maximum atomic E-state index is 12.7. The standard InChI is InChI=1S/C23H17N5OS/c29-22(27-20-8-6-17(7-9-20)23-24-10-11-30-23)19-12-18-14-26-28(21(18)25-13-19)15-16-4-2-1-3-5-16/h1-14H,15H2,(H,27,29). The van der Waals surface area contributed by atoms with Crippen LogP contribution in [0.2, 0.25) is 0 Å². The zero-order valence-electron chi connectivity index (χ0n) is 15.9. The summed E-state index contributed by atoms with van der Waals surface area (Å²) in [7, 11) is 0. The molecular formula is C23H17N5OS. The Bertz CT molecular complexity index is 1290. The Morgan fingerprint density at radius 2 is 1.83 bits per heavy atom. The van der Waals surface area contributed by atoms with Crippen molar-refractivity contribution in [3.05, 3.63) is 95.8 Å². The summed E-state index contributed by atoms with van der Waals surface area (Å²) in [6.45, 7) is 0.633. The van der Waals surface area contributed by atoms with Crippen molar-refractivity contribution >= 4 is 34.0 Å². The number of fused-ring (bicyclic) bond motifs is 1. The first-order chi connectivity index (χ1) is 14.8. The van der Waals surface area contributed by atoms with Crippen LogP contribution in [0, 0.1) is 0 Å². The Labute approximate surface area is 176 Å². The summed E-state index contributed by atoms with van der Waals surface area (Å²) in [5.74, 6) is -0.206. The lowest BCUT2D eigenvalue weighted by molar-refractivity contribution is 0.102. The van der Waals surface area contributed by atoms with E-state index < -0.39 is 0 Å². The molecule has 0 bridgehead atoms. The quantitative estimate of drug-likeness (QED) is 0.448. The highest BCUT2D eigenvalue weighted by atomic mass is 32.1. The predicted molar refractivity (Wildman–Crippen MR) is 119 cm³/mol. The Hall–Kier alpha value is -3.84. The zero-order valence-corrected chi connectivity index (χ0v) is 16.7. The van der Waals surface area contributed by atoms with Gasteiger partial charge >= 0.3 is 0 Å². The third-order valence-electron chi connectivity index (χ3n) is 4.74. The number of nitrogens with one attached hydrogen (secondary N) is 1. The third-order valence-corrected chi connectivity index (χ3v) is 5.56. The summed E-state index contributed by atoms with van der Waals surface area (Å²) in [5, 5.41) is 11.1. The van der Waals surface area contributed by atoms with Gasteiger partial charge in [-0.25, -0.2) is 14.6 Å². The number of anilines is 1. The molecule has 0 saturated heterocycles. The van der Waals surface area contributed by atoms with Crippen LogP contribution in [0.1, 0.15) is 15.9 Å². The minimum Gasteiger partial charge on any atom is -0.322 e. The number of thiazole rings is 1. The molecule has 0 radical (unpaired) electrons. The molecule has 1 N–H and O–H groups in total. The van der Waals surface area contributed by atoms with Crippen molar-refractivity contribution < 1.29 is 4.79 Å². The van der Waals surface area contributed by atoms with Gasteiger partial charge in [-0.3, -0.25) is 4.79 Å². The van der Waals surface area contributed by atoms with E-state index in [-0.39, 0.29) is 5.91 Å². The van der Waals surface area contributed by atoms with Gasteiger partial charge in [0.2, 0.25) is 0 Å². The molecule has 5 rings (SSSR count). The van der Waals surface area contributed by atoms with Gasteiger partial charge < -0.3 is 5.32 Å². The van der Waals surface area contributed by atoms with Crippen molar-refractivity contribution in [2.75, 3.05) is 5.32 Å². The molecule has 0 spiro atoms. The summed E-state index contributed by atoms with van der Waals surface area (Å²) in [4.78, 5) is 21.5. The lowest BCUT2D eigenvalue weighted by Gasteiger charge is -2.07. The fourth-order valence-electron chi connectivity index (χ4n) is 3.23. The summed E-state index contributed by atoms with van der Waals surface area (Å²) in [6.07, 6.45) is 5.11. The van der Waals surface area contributed by atoms with Gasteiger partial charge in [0, 0.05) is 34.4 Å². The number of nitrogens with zero attached hydrogens (tertiary/aromatic N) is 4. The molecule has 0 fully saturated rings. The van der Waals surface area contributed by atoms with E-state index in [1.165, 1.54) is 0 Å². The largest absolute Gasteiger partial charge is 0.322 e. The van der Waals surface area contributed by atoms with E-state index in [4.69, 9.17) is 0 Å². The normalized spacial score (nSPS) is 10.9. The van der Waals surface area contributed by atoms with E-state index in [1.807, 2.05) is 58.6 Å². The number of carbonyl (C=O) groups excluding carboxylic acids is 1. The number of hydrogen-bond donors (Lipinski definition) is 1. The molecule has 0 saturated carbocycles. The van der Waals surface area contributed by atoms with Crippen LogP contribution in [0.25, 0.3) is 21.6 Å². The molecule has 0 aliphatic heterocycles. The maximum Gasteiger partial charge on any atom is 0.257 e. The van der Waals surface area contributed by atoms with Gasteiger partial charge in [0.1, 0.15) is 5.01 Å². The number of pyridine rings is 1. The van der Waals surface area contributed by atoms with Gasteiger partial charge in [0.15, 0.2) is 5.65 Å². The smallest absolute Gasteiger partial charge is 0.257 e. The van der Waals surface area contributed by atoms with E-state index in [1.54, 1.807) is 29.9 Å². The molecule has 7 heteroatoms. The number of rotatable bonds is 5. The second-order valence-corrected chi connectivity index (χ2v) is 7.69. The van der Waals surface area contributed by atoms with Crippen LogP contribution < -0.4 is 5.32 Å². The third kappa shape index (κ3) is 3.70. The molecular weight excluding hydrogens is 394 g/mol. The van der Waals surface area contributed by atoms with Crippen molar-refractivity contribution in [2.24, 2.45) is 0 Å². The topological polar surface area (TPSA) is 72.7 Å². The highest BCUT2D eigenvalue weighted by Gasteiger charge is 2.11. The van der Waals surface area contributed by atoms with Crippen molar-refractivity contribution in [3.8, 4) is 10.6 Å². The number of carbonyl (C=O) groups is 1. The zero-order chi connectivity index (χ0) is 20.3. The number of benzene rings is 2. The Balaban J connectivity index is 1.32. The predicted octanol–water partition coefficient (Wildman–Crippen LogP) is 4.86. The van der Waals surface area contributed by atoms with Crippen LogP contribution in [0.15, 0.2) is 84.6 Å². The van der Waals surface area contributed by atoms with Crippen LogP contribution in [-0.4, -0.2) is 25.7 Å². The van der Waals surface area contributed by atoms with Gasteiger partial charge in [-0.2, -0.15) is 5.10 Å². The van der Waals surface area contributed by atoms with Gasteiger partial charge in [-0.1, -0.05) is 30.3 Å². The Kier molecular flexibility index (Phi) is 4.78. The molecule has 0 aliphatic rings. The summed E-state index contributed by atoms with van der Waals surface area (Å²) < 4.78 is 1.84. The van der Waals surface area contributed by atoms with E-state index >= 15 is 0 Å². The monoisotopic (exact) mass is 411 g/mol. The minimum atomic E-state index is -0.206. The SMILES string of the molecule is O=C(Nc1ccc(-c2nccs2)cc1)c1cnc2c(cnn2Cc2ccccc2)c1. The first-order valence-corrected chi connectivity index (χ1v) is 10.3. The molecule has 3 aromatic heterocycles. The molecule has 0 aliphatic carbocycles. The molecule has 146 valence electrons. The highest BCUT2D eigenvalue weighted by molar-refractivity contribution is 7.13. The van der Waals surface area contributed by atoms with E-state index in [9.17, 15) is 4.79 Å². The summed E-state index contributed by atoms with van der Waals surface area (Å²) >= 11 is 1.58. The first-order valence-electron chi connectivity index (χ1n) is 9.43. The fraction of sp³-hybridized carbons (Fsp3) is 0.0435. The maximum absolute atomic E-state index is 12.7. The number of aromatic nitrogens is 4. The van der Waals surface area contributed by atoms with Crippen molar-refractivity contribution in [2.45, 2.75) is 6.54 Å². The number of amides is 1. The molecule has 0 atom stereocenters. The van der Waals surface area contributed by atoms with Crippen molar-refractivity contribution in [3.63, 3.8) is 0 Å². The first kappa shape index (κ1) is 18.2. The van der Waals surface area contributed by atoms with E-state index in [0.717, 1.165) is 32.9 Å². The van der Waals surface area contributed by atoms with Crippen molar-refractivity contribution in [1.29, 1.82) is 0 Å². The van der Waals surface area contributed by atoms with Gasteiger partial charge in [0.25, 0.3) is 5.91 Å². The Morgan fingerprint density at radius 3 is 2.60 bits per heavy atom. The summed E-state index contributed by atoms with van der Waals surface area (Å²) in [6, 6.07) is 19.5. The second kappa shape index (κ2) is 7.88. The van der Waals surface area contributed by atoms with Gasteiger partial charge in [-0.05, 0) is 35.9 Å². The van der Waals surface area contributed by atoms with Gasteiger partial charge in [0.05, 0.1) is 18.3 Å². The van der Waals surface area contributed by atoms with Crippen LogP contribution >= 0.6 is 11.3 Å². The number of hydrogen-bond acceptors (Lipinski definition) is 5. The second-order valence-electron chi connectivity index (χ2n) is 6.79. The van der Waals surface area contributed by atoms with E-state index in [0.29, 0.717) is 12.1 Å². The summed E-state index contributed by atoms with van der Waals surface area (Å²) in [5.41, 5.74) is 4.14. The van der Waals surface area contributed by atoms with Crippen LogP contribution in [0.5, 0.6) is 0 Å². The van der Waals surface area contributed by atoms with E-state index in [2.05, 4.69) is 32.5 Å². The Morgan fingerprint density at radius 1 is 1.00 bits per heavy atom. The molecule has 30 heavy (non-hydrogen) atoms. The highest BCUT2D eigenvalue weighted by Crippen LogP contribution is 2.23. The minimum absolute atomic E-state index is 0.206. The van der Waals surface area contributed by atoms with Gasteiger partial charge in [-0.15, -0.1) is 11.3 Å². The molecule has 6 nitrogen and oxygen atoms in total. The van der Waals surface area contributed by atoms with Crippen LogP contribution in [-0.2, 0) is 6.54 Å². The molecule has 0 unspecified atom stereocenters. The van der Waals surface area contributed by atoms with Crippen LogP contribution in [0.4, 0.5) is 5.69 Å². The lowest BCUT2D eigenvalue weighted by atomic mass is 10.2. The molecule has 3 heterocycles. The molecule has 5 aromatic rings. The fourth-order valence-corrected chi connectivity index (χ4v) is 3.88. The molecule has 2 aromatic carbocycles.